The van der Waals surface area contributed by atoms with Crippen LogP contribution in [0, 0.1) is 6.92 Å². The third-order valence-corrected chi connectivity index (χ3v) is 6.33. The summed E-state index contributed by atoms with van der Waals surface area (Å²) < 4.78 is 7.07. The van der Waals surface area contributed by atoms with Crippen LogP contribution in [0.25, 0.3) is 10.2 Å². The Hall–Kier alpha value is -1.69. The summed E-state index contributed by atoms with van der Waals surface area (Å²) >= 11 is 1.58. The molecule has 0 saturated heterocycles. The molecule has 0 bridgehead atoms. The van der Waals surface area contributed by atoms with Gasteiger partial charge in [0.15, 0.2) is 0 Å². The SMILES string of the molecule is CCCCCCn1c(C)nc2sc3c(c2c1=O)C(C(=O)OCC)CCC3. The maximum Gasteiger partial charge on any atom is 0.313 e. The molecule has 0 aromatic carbocycles. The highest BCUT2D eigenvalue weighted by molar-refractivity contribution is 7.18. The van der Waals surface area contributed by atoms with E-state index >= 15 is 0 Å². The first kappa shape index (κ1) is 19.1. The predicted molar refractivity (Wildman–Crippen MR) is 105 cm³/mol. The van der Waals surface area contributed by atoms with Gasteiger partial charge in [-0.2, -0.15) is 0 Å². The van der Waals surface area contributed by atoms with E-state index in [0.717, 1.165) is 53.2 Å². The van der Waals surface area contributed by atoms with Crippen LogP contribution in [0.1, 0.15) is 74.6 Å². The average molecular weight is 377 g/mol. The molecule has 0 radical (unpaired) electrons. The van der Waals surface area contributed by atoms with Gasteiger partial charge in [0.2, 0.25) is 0 Å². The van der Waals surface area contributed by atoms with Gasteiger partial charge in [-0.25, -0.2) is 4.98 Å². The summed E-state index contributed by atoms with van der Waals surface area (Å²) in [6.45, 7) is 6.97. The molecule has 3 rings (SSSR count). The highest BCUT2D eigenvalue weighted by atomic mass is 32.1. The number of carbonyl (C=O) groups excluding carboxylic acids is 1. The van der Waals surface area contributed by atoms with Crippen LogP contribution in [0.5, 0.6) is 0 Å². The zero-order valence-corrected chi connectivity index (χ0v) is 16.8. The Bertz CT molecular complexity index is 853. The number of aromatic nitrogens is 2. The number of rotatable bonds is 7. The minimum atomic E-state index is -0.321. The molecule has 1 atom stereocenters. The Balaban J connectivity index is 2.05. The predicted octanol–water partition coefficient (Wildman–Crippen LogP) is 4.33. The van der Waals surface area contributed by atoms with E-state index in [2.05, 4.69) is 6.92 Å². The van der Waals surface area contributed by atoms with Crippen LogP contribution in [-0.4, -0.2) is 22.1 Å². The Morgan fingerprint density at radius 1 is 1.31 bits per heavy atom. The highest BCUT2D eigenvalue weighted by Gasteiger charge is 2.33. The molecule has 5 nitrogen and oxygen atoms in total. The van der Waals surface area contributed by atoms with Gasteiger partial charge in [-0.3, -0.25) is 14.2 Å². The van der Waals surface area contributed by atoms with Crippen molar-refractivity contribution in [3.05, 3.63) is 26.6 Å². The minimum absolute atomic E-state index is 0.0118. The number of fused-ring (bicyclic) bond motifs is 3. The molecule has 6 heteroatoms. The van der Waals surface area contributed by atoms with Crippen molar-refractivity contribution in [1.29, 1.82) is 0 Å². The largest absolute Gasteiger partial charge is 0.466 e. The summed E-state index contributed by atoms with van der Waals surface area (Å²) in [6, 6.07) is 0. The topological polar surface area (TPSA) is 61.2 Å². The molecule has 1 aliphatic rings. The van der Waals surface area contributed by atoms with E-state index in [9.17, 15) is 9.59 Å². The third-order valence-electron chi connectivity index (χ3n) is 5.17. The number of esters is 1. The van der Waals surface area contributed by atoms with E-state index in [4.69, 9.17) is 9.72 Å². The molecule has 0 aliphatic heterocycles. The second-order valence-corrected chi connectivity index (χ2v) is 8.08. The standard InChI is InChI=1S/C20H28N2O3S/c1-4-6-7-8-12-22-13(3)21-18-17(19(22)23)16-14(20(24)25-5-2)10-9-11-15(16)26-18/h14H,4-12H2,1-3H3. The monoisotopic (exact) mass is 376 g/mol. The number of aryl methyl sites for hydroxylation is 2. The fourth-order valence-electron chi connectivity index (χ4n) is 3.86. The Kier molecular flexibility index (Phi) is 6.12. The summed E-state index contributed by atoms with van der Waals surface area (Å²) in [5, 5.41) is 0.656. The smallest absolute Gasteiger partial charge is 0.313 e. The van der Waals surface area contributed by atoms with Gasteiger partial charge in [-0.15, -0.1) is 11.3 Å². The van der Waals surface area contributed by atoms with Crippen molar-refractivity contribution in [2.45, 2.75) is 78.2 Å². The molecule has 2 heterocycles. The zero-order valence-electron chi connectivity index (χ0n) is 16.0. The van der Waals surface area contributed by atoms with Crippen LogP contribution in [0.15, 0.2) is 4.79 Å². The number of ether oxygens (including phenoxy) is 1. The molecular formula is C20H28N2O3S. The van der Waals surface area contributed by atoms with E-state index in [0.29, 0.717) is 18.5 Å². The van der Waals surface area contributed by atoms with Crippen molar-refractivity contribution in [3.8, 4) is 0 Å². The Morgan fingerprint density at radius 2 is 2.12 bits per heavy atom. The summed E-state index contributed by atoms with van der Waals surface area (Å²) in [6.07, 6.45) is 7.08. The van der Waals surface area contributed by atoms with Crippen LogP contribution < -0.4 is 5.56 Å². The quantitative estimate of drug-likeness (QED) is 0.533. The lowest BCUT2D eigenvalue weighted by Gasteiger charge is -2.21. The van der Waals surface area contributed by atoms with Crippen molar-refractivity contribution in [2.75, 3.05) is 6.61 Å². The lowest BCUT2D eigenvalue weighted by molar-refractivity contribution is -0.145. The van der Waals surface area contributed by atoms with Crippen molar-refractivity contribution in [1.82, 2.24) is 9.55 Å². The first-order valence-corrected chi connectivity index (χ1v) is 10.6. The van der Waals surface area contributed by atoms with E-state index in [1.807, 2.05) is 13.8 Å². The summed E-state index contributed by atoms with van der Waals surface area (Å²) in [4.78, 5) is 32.3. The summed E-state index contributed by atoms with van der Waals surface area (Å²) in [5.74, 6) is 0.242. The Morgan fingerprint density at radius 3 is 2.85 bits per heavy atom. The fraction of sp³-hybridized carbons (Fsp3) is 0.650. The van der Waals surface area contributed by atoms with Gasteiger partial charge < -0.3 is 4.74 Å². The summed E-state index contributed by atoms with van der Waals surface area (Å²) in [7, 11) is 0. The van der Waals surface area contributed by atoms with Gasteiger partial charge in [-0.1, -0.05) is 26.2 Å². The van der Waals surface area contributed by atoms with Crippen LogP contribution in [0.3, 0.4) is 0 Å². The number of nitrogens with zero attached hydrogens (tertiary/aromatic N) is 2. The lowest BCUT2D eigenvalue weighted by atomic mass is 9.86. The van der Waals surface area contributed by atoms with Crippen molar-refractivity contribution >= 4 is 27.5 Å². The molecular weight excluding hydrogens is 348 g/mol. The molecule has 0 N–H and O–H groups in total. The fourth-order valence-corrected chi connectivity index (χ4v) is 5.17. The molecule has 0 saturated carbocycles. The highest BCUT2D eigenvalue weighted by Crippen LogP contribution is 2.41. The van der Waals surface area contributed by atoms with Gasteiger partial charge in [0.1, 0.15) is 10.7 Å². The average Bonchev–Trinajstić information content (AvgIpc) is 2.99. The molecule has 2 aromatic heterocycles. The van der Waals surface area contributed by atoms with E-state index < -0.39 is 0 Å². The van der Waals surface area contributed by atoms with Crippen LogP contribution in [0.2, 0.25) is 0 Å². The van der Waals surface area contributed by atoms with Crippen molar-refractivity contribution < 1.29 is 9.53 Å². The minimum Gasteiger partial charge on any atom is -0.466 e. The van der Waals surface area contributed by atoms with Gasteiger partial charge in [-0.05, 0) is 45.1 Å². The number of unbranched alkanes of at least 4 members (excludes halogenated alkanes) is 3. The third kappa shape index (κ3) is 3.56. The van der Waals surface area contributed by atoms with E-state index in [1.165, 1.54) is 12.8 Å². The molecule has 2 aromatic rings. The molecule has 1 aliphatic carbocycles. The van der Waals surface area contributed by atoms with Crippen LogP contribution >= 0.6 is 11.3 Å². The molecule has 1 unspecified atom stereocenters. The number of hydrogen-bond donors (Lipinski definition) is 0. The van der Waals surface area contributed by atoms with Gasteiger partial charge >= 0.3 is 5.97 Å². The second kappa shape index (κ2) is 8.33. The van der Waals surface area contributed by atoms with Gasteiger partial charge in [0.25, 0.3) is 5.56 Å². The van der Waals surface area contributed by atoms with Crippen molar-refractivity contribution in [3.63, 3.8) is 0 Å². The summed E-state index contributed by atoms with van der Waals surface area (Å²) in [5.41, 5.74) is 0.909. The number of carbonyl (C=O) groups is 1. The van der Waals surface area contributed by atoms with E-state index in [-0.39, 0.29) is 17.4 Å². The second-order valence-electron chi connectivity index (χ2n) is 6.99. The van der Waals surface area contributed by atoms with Crippen LogP contribution in [0.4, 0.5) is 0 Å². The molecule has 142 valence electrons. The molecule has 0 spiro atoms. The maximum atomic E-state index is 13.2. The Labute approximate surface area is 158 Å². The molecule has 0 fully saturated rings. The van der Waals surface area contributed by atoms with Crippen LogP contribution in [-0.2, 0) is 22.5 Å². The molecule has 0 amide bonds. The number of hydrogen-bond acceptors (Lipinski definition) is 5. The molecule has 26 heavy (non-hydrogen) atoms. The van der Waals surface area contributed by atoms with Crippen molar-refractivity contribution in [2.24, 2.45) is 0 Å². The first-order chi connectivity index (χ1) is 12.6. The first-order valence-electron chi connectivity index (χ1n) is 9.77. The van der Waals surface area contributed by atoms with E-state index in [1.54, 1.807) is 15.9 Å². The van der Waals surface area contributed by atoms with Gasteiger partial charge in [0.05, 0.1) is 17.9 Å². The zero-order chi connectivity index (χ0) is 18.7. The lowest BCUT2D eigenvalue weighted by Crippen LogP contribution is -2.26. The number of thiophene rings is 1. The van der Waals surface area contributed by atoms with Gasteiger partial charge in [0, 0.05) is 11.4 Å². The normalized spacial score (nSPS) is 16.7. The maximum absolute atomic E-state index is 13.2.